The fourth-order valence-electron chi connectivity index (χ4n) is 2.80. The molecule has 0 aliphatic heterocycles. The van der Waals surface area contributed by atoms with Crippen LogP contribution < -0.4 is 5.32 Å². The first-order valence-corrected chi connectivity index (χ1v) is 11.3. The van der Waals surface area contributed by atoms with Gasteiger partial charge in [0.05, 0.1) is 11.4 Å². The van der Waals surface area contributed by atoms with E-state index in [4.69, 9.17) is 23.2 Å². The van der Waals surface area contributed by atoms with Crippen LogP contribution in [0.4, 0.5) is 5.69 Å². The fourth-order valence-corrected chi connectivity index (χ4v) is 4.67. The van der Waals surface area contributed by atoms with Gasteiger partial charge in [-0.05, 0) is 48.9 Å². The van der Waals surface area contributed by atoms with Crippen molar-refractivity contribution in [2.24, 2.45) is 0 Å². The molecule has 3 aromatic carbocycles. The Morgan fingerprint density at radius 2 is 1.63 bits per heavy atom. The van der Waals surface area contributed by atoms with Gasteiger partial charge in [0.2, 0.25) is 15.9 Å². The zero-order valence-corrected chi connectivity index (χ0v) is 18.5. The zero-order valence-electron chi connectivity index (χ0n) is 16.2. The van der Waals surface area contributed by atoms with Crippen LogP contribution in [0, 0.1) is 6.92 Å². The van der Waals surface area contributed by atoms with Crippen LogP contribution >= 0.6 is 23.2 Å². The summed E-state index contributed by atoms with van der Waals surface area (Å²) < 4.78 is 27.5. The Balaban J connectivity index is 1.88. The largest absolute Gasteiger partial charge is 0.325 e. The Morgan fingerprint density at radius 3 is 2.27 bits per heavy atom. The summed E-state index contributed by atoms with van der Waals surface area (Å²) in [5.74, 6) is -0.455. The number of halogens is 2. The maximum atomic E-state index is 13.2. The number of amides is 1. The van der Waals surface area contributed by atoms with Gasteiger partial charge in [0, 0.05) is 22.3 Å². The zero-order chi connectivity index (χ0) is 21.7. The number of hydrogen-bond acceptors (Lipinski definition) is 3. The first-order chi connectivity index (χ1) is 14.3. The van der Waals surface area contributed by atoms with Crippen molar-refractivity contribution in [3.05, 3.63) is 94.0 Å². The van der Waals surface area contributed by atoms with Crippen molar-refractivity contribution in [2.45, 2.75) is 18.4 Å². The van der Waals surface area contributed by atoms with Crippen molar-refractivity contribution in [3.63, 3.8) is 0 Å². The molecular weight excluding hydrogens is 443 g/mol. The molecule has 0 aromatic heterocycles. The third-order valence-electron chi connectivity index (χ3n) is 4.40. The first-order valence-electron chi connectivity index (χ1n) is 9.11. The summed E-state index contributed by atoms with van der Waals surface area (Å²) in [6.45, 7) is 1.49. The van der Waals surface area contributed by atoms with E-state index < -0.39 is 15.9 Å². The van der Waals surface area contributed by atoms with Crippen molar-refractivity contribution in [1.29, 1.82) is 0 Å². The van der Waals surface area contributed by atoms with E-state index in [1.54, 1.807) is 42.5 Å². The number of carbonyl (C=O) groups is 1. The van der Waals surface area contributed by atoms with Crippen molar-refractivity contribution in [3.8, 4) is 0 Å². The highest BCUT2D eigenvalue weighted by atomic mass is 35.5. The van der Waals surface area contributed by atoms with E-state index in [0.717, 1.165) is 9.87 Å². The van der Waals surface area contributed by atoms with E-state index in [9.17, 15) is 13.2 Å². The Kier molecular flexibility index (Phi) is 7.15. The van der Waals surface area contributed by atoms with Crippen LogP contribution in [-0.4, -0.2) is 25.2 Å². The van der Waals surface area contributed by atoms with Gasteiger partial charge in [0.15, 0.2) is 0 Å². The average Bonchev–Trinajstić information content (AvgIpc) is 2.71. The Bertz CT molecular complexity index is 1130. The summed E-state index contributed by atoms with van der Waals surface area (Å²) in [6, 6.07) is 20.0. The molecule has 3 rings (SSSR count). The van der Waals surface area contributed by atoms with Gasteiger partial charge < -0.3 is 5.32 Å². The number of carbonyl (C=O) groups excluding carboxylic acids is 1. The summed E-state index contributed by atoms with van der Waals surface area (Å²) in [6.07, 6.45) is 0. The molecule has 0 unspecified atom stereocenters. The number of anilines is 1. The van der Waals surface area contributed by atoms with Crippen LogP contribution in [0.5, 0.6) is 0 Å². The smallest absolute Gasteiger partial charge is 0.243 e. The van der Waals surface area contributed by atoms with Crippen LogP contribution in [-0.2, 0) is 21.4 Å². The minimum atomic E-state index is -3.94. The first kappa shape index (κ1) is 22.3. The lowest BCUT2D eigenvalue weighted by Gasteiger charge is -2.22. The molecule has 0 saturated carbocycles. The number of hydrogen-bond donors (Lipinski definition) is 1. The molecule has 1 amide bonds. The van der Waals surface area contributed by atoms with E-state index in [-0.39, 0.29) is 18.0 Å². The maximum Gasteiger partial charge on any atom is 0.243 e. The summed E-state index contributed by atoms with van der Waals surface area (Å²) in [5, 5.41) is 3.50. The second-order valence-corrected chi connectivity index (χ2v) is 9.52. The quantitative estimate of drug-likeness (QED) is 0.528. The van der Waals surface area contributed by atoms with Gasteiger partial charge >= 0.3 is 0 Å². The molecule has 0 fully saturated rings. The van der Waals surface area contributed by atoms with Crippen LogP contribution in [0.1, 0.15) is 11.1 Å². The van der Waals surface area contributed by atoms with Gasteiger partial charge in [-0.1, -0.05) is 65.2 Å². The van der Waals surface area contributed by atoms with Crippen molar-refractivity contribution >= 4 is 44.8 Å². The summed E-state index contributed by atoms with van der Waals surface area (Å²) in [4.78, 5) is 12.7. The lowest BCUT2D eigenvalue weighted by atomic mass is 10.2. The van der Waals surface area contributed by atoms with E-state index in [0.29, 0.717) is 21.3 Å². The summed E-state index contributed by atoms with van der Waals surface area (Å²) in [7, 11) is -3.94. The fraction of sp³-hybridized carbons (Fsp3) is 0.136. The molecule has 156 valence electrons. The predicted octanol–water partition coefficient (Wildman–Crippen LogP) is 5.13. The monoisotopic (exact) mass is 462 g/mol. The summed E-state index contributed by atoms with van der Waals surface area (Å²) >= 11 is 12.2. The van der Waals surface area contributed by atoms with Gasteiger partial charge in [-0.25, -0.2) is 8.42 Å². The highest BCUT2D eigenvalue weighted by molar-refractivity contribution is 7.89. The Labute approximate surface area is 186 Å². The maximum absolute atomic E-state index is 13.2. The Morgan fingerprint density at radius 1 is 0.967 bits per heavy atom. The lowest BCUT2D eigenvalue weighted by molar-refractivity contribution is -0.116. The molecule has 0 spiro atoms. The van der Waals surface area contributed by atoms with Gasteiger partial charge in [-0.2, -0.15) is 4.31 Å². The third-order valence-corrected chi connectivity index (χ3v) is 6.79. The van der Waals surface area contributed by atoms with Crippen LogP contribution in [0.2, 0.25) is 10.0 Å². The number of benzene rings is 3. The molecule has 0 aliphatic carbocycles. The second kappa shape index (κ2) is 9.62. The van der Waals surface area contributed by atoms with E-state index in [1.807, 2.05) is 19.1 Å². The van der Waals surface area contributed by atoms with Gasteiger partial charge in [-0.15, -0.1) is 0 Å². The van der Waals surface area contributed by atoms with Crippen LogP contribution in [0.25, 0.3) is 0 Å². The highest BCUT2D eigenvalue weighted by Crippen LogP contribution is 2.25. The topological polar surface area (TPSA) is 66.5 Å². The lowest BCUT2D eigenvalue weighted by Crippen LogP contribution is -2.37. The molecule has 30 heavy (non-hydrogen) atoms. The number of nitrogens with one attached hydrogen (secondary N) is 1. The van der Waals surface area contributed by atoms with Crippen molar-refractivity contribution < 1.29 is 13.2 Å². The van der Waals surface area contributed by atoms with E-state index in [2.05, 4.69) is 5.32 Å². The standard InChI is InChI=1S/C22H20Cl2N2O3S/c1-16-7-11-19(12-8-16)25-22(27)15-26(14-17-9-10-18(23)13-21(17)24)30(28,29)20-5-3-2-4-6-20/h2-13H,14-15H2,1H3,(H,25,27). The molecule has 3 aromatic rings. The van der Waals surface area contributed by atoms with Crippen LogP contribution in [0.3, 0.4) is 0 Å². The molecular formula is C22H20Cl2N2O3S. The molecule has 5 nitrogen and oxygen atoms in total. The molecule has 0 saturated heterocycles. The summed E-state index contributed by atoms with van der Waals surface area (Å²) in [5.41, 5.74) is 2.19. The van der Waals surface area contributed by atoms with Crippen molar-refractivity contribution in [2.75, 3.05) is 11.9 Å². The molecule has 0 radical (unpaired) electrons. The molecule has 0 aliphatic rings. The normalized spacial score (nSPS) is 11.5. The second-order valence-electron chi connectivity index (χ2n) is 6.74. The molecule has 0 bridgehead atoms. The minimum absolute atomic E-state index is 0.0749. The van der Waals surface area contributed by atoms with Crippen molar-refractivity contribution in [1.82, 2.24) is 4.31 Å². The number of aryl methyl sites for hydroxylation is 1. The van der Waals surface area contributed by atoms with Gasteiger partial charge in [0.25, 0.3) is 0 Å². The van der Waals surface area contributed by atoms with Crippen LogP contribution in [0.15, 0.2) is 77.7 Å². The average molecular weight is 463 g/mol. The van der Waals surface area contributed by atoms with E-state index >= 15 is 0 Å². The molecule has 8 heteroatoms. The van der Waals surface area contributed by atoms with E-state index in [1.165, 1.54) is 18.2 Å². The molecule has 0 heterocycles. The SMILES string of the molecule is Cc1ccc(NC(=O)CN(Cc2ccc(Cl)cc2Cl)S(=O)(=O)c2ccccc2)cc1. The van der Waals surface area contributed by atoms with Gasteiger partial charge in [0.1, 0.15) is 0 Å². The highest BCUT2D eigenvalue weighted by Gasteiger charge is 2.27. The molecule has 0 atom stereocenters. The predicted molar refractivity (Wildman–Crippen MR) is 120 cm³/mol. The third kappa shape index (κ3) is 5.61. The number of sulfonamides is 1. The number of nitrogens with zero attached hydrogens (tertiary/aromatic N) is 1. The minimum Gasteiger partial charge on any atom is -0.325 e. The number of rotatable bonds is 7. The van der Waals surface area contributed by atoms with Gasteiger partial charge in [-0.3, -0.25) is 4.79 Å². The Hall–Kier alpha value is -2.38. The molecule has 1 N–H and O–H groups in total.